The molecule has 0 saturated carbocycles. The van der Waals surface area contributed by atoms with Crippen LogP contribution in [0.15, 0.2) is 24.3 Å². The predicted octanol–water partition coefficient (Wildman–Crippen LogP) is 3.09. The van der Waals surface area contributed by atoms with Crippen molar-refractivity contribution >= 4 is 0 Å². The lowest BCUT2D eigenvalue weighted by Crippen LogP contribution is -2.43. The fourth-order valence-corrected chi connectivity index (χ4v) is 2.68. The van der Waals surface area contributed by atoms with Gasteiger partial charge in [-0.05, 0) is 64.3 Å². The van der Waals surface area contributed by atoms with Gasteiger partial charge in [0.2, 0.25) is 0 Å². The molecule has 21 heavy (non-hydrogen) atoms. The highest BCUT2D eigenvalue weighted by atomic mass is 16.5. The fourth-order valence-electron chi connectivity index (χ4n) is 2.68. The van der Waals surface area contributed by atoms with Crippen molar-refractivity contribution in [1.29, 1.82) is 0 Å². The zero-order valence-corrected chi connectivity index (χ0v) is 13.8. The Morgan fingerprint density at radius 1 is 1.05 bits per heavy atom. The molecule has 0 radical (unpaired) electrons. The van der Waals surface area contributed by atoms with Crippen LogP contribution < -0.4 is 10.1 Å². The van der Waals surface area contributed by atoms with E-state index in [4.69, 9.17) is 4.74 Å². The van der Waals surface area contributed by atoms with Gasteiger partial charge in [-0.3, -0.25) is 0 Å². The average molecular weight is 290 g/mol. The van der Waals surface area contributed by atoms with Gasteiger partial charge in [0.15, 0.2) is 0 Å². The lowest BCUT2D eigenvalue weighted by atomic mass is 10.1. The predicted molar refractivity (Wildman–Crippen MR) is 89.1 cm³/mol. The van der Waals surface area contributed by atoms with Crippen molar-refractivity contribution in [3.63, 3.8) is 0 Å². The number of nitrogens with zero attached hydrogens (tertiary/aromatic N) is 1. The van der Waals surface area contributed by atoms with Crippen molar-refractivity contribution in [2.75, 3.05) is 32.7 Å². The number of unbranched alkanes of at least 4 members (excludes halogenated alkanes) is 1. The van der Waals surface area contributed by atoms with Gasteiger partial charge in [0.1, 0.15) is 11.4 Å². The molecule has 0 amide bonds. The monoisotopic (exact) mass is 290 g/mol. The van der Waals surface area contributed by atoms with Gasteiger partial charge >= 0.3 is 0 Å². The Hall–Kier alpha value is -1.06. The molecule has 1 fully saturated rings. The minimum atomic E-state index is -0.120. The molecule has 0 aromatic heterocycles. The second-order valence-corrected chi connectivity index (χ2v) is 6.91. The molecule has 3 nitrogen and oxygen atoms in total. The van der Waals surface area contributed by atoms with Crippen LogP contribution in [-0.2, 0) is 6.42 Å². The van der Waals surface area contributed by atoms with Gasteiger partial charge in [-0.2, -0.15) is 0 Å². The molecule has 0 aliphatic carbocycles. The molecule has 1 heterocycles. The maximum Gasteiger partial charge on any atom is 0.120 e. The molecule has 118 valence electrons. The van der Waals surface area contributed by atoms with Gasteiger partial charge in [0, 0.05) is 26.2 Å². The first-order valence-corrected chi connectivity index (χ1v) is 8.24. The van der Waals surface area contributed by atoms with Crippen molar-refractivity contribution in [1.82, 2.24) is 10.2 Å². The first kappa shape index (κ1) is 16.3. The zero-order chi connectivity index (χ0) is 15.1. The van der Waals surface area contributed by atoms with Crippen LogP contribution in [0.25, 0.3) is 0 Å². The molecule has 1 saturated heterocycles. The molecule has 0 spiro atoms. The average Bonchev–Trinajstić information content (AvgIpc) is 2.45. The third-order valence-corrected chi connectivity index (χ3v) is 3.75. The molecule has 2 rings (SSSR count). The van der Waals surface area contributed by atoms with Gasteiger partial charge in [0.05, 0.1) is 0 Å². The van der Waals surface area contributed by atoms with Crippen LogP contribution in [0.1, 0.15) is 39.2 Å². The summed E-state index contributed by atoms with van der Waals surface area (Å²) in [4.78, 5) is 2.57. The van der Waals surface area contributed by atoms with Crippen molar-refractivity contribution < 1.29 is 4.74 Å². The number of hydrogen-bond acceptors (Lipinski definition) is 3. The summed E-state index contributed by atoms with van der Waals surface area (Å²) in [5, 5.41) is 3.40. The summed E-state index contributed by atoms with van der Waals surface area (Å²) in [5.41, 5.74) is 1.29. The van der Waals surface area contributed by atoms with Crippen LogP contribution >= 0.6 is 0 Å². The Bertz CT molecular complexity index is 402. The summed E-state index contributed by atoms with van der Waals surface area (Å²) < 4.78 is 5.85. The number of piperazine rings is 1. The van der Waals surface area contributed by atoms with E-state index in [2.05, 4.69) is 55.3 Å². The molecule has 0 atom stereocenters. The highest BCUT2D eigenvalue weighted by Crippen LogP contribution is 2.19. The first-order chi connectivity index (χ1) is 10.0. The van der Waals surface area contributed by atoms with Crippen LogP contribution in [0.2, 0.25) is 0 Å². The Morgan fingerprint density at radius 3 is 2.33 bits per heavy atom. The van der Waals surface area contributed by atoms with E-state index < -0.39 is 0 Å². The second-order valence-electron chi connectivity index (χ2n) is 6.91. The van der Waals surface area contributed by atoms with Gasteiger partial charge < -0.3 is 15.0 Å². The molecule has 0 bridgehead atoms. The summed E-state index contributed by atoms with van der Waals surface area (Å²) in [7, 11) is 0. The zero-order valence-electron chi connectivity index (χ0n) is 13.8. The summed E-state index contributed by atoms with van der Waals surface area (Å²) in [6.45, 7) is 12.2. The second kappa shape index (κ2) is 7.81. The number of rotatable bonds is 6. The summed E-state index contributed by atoms with van der Waals surface area (Å²) in [6.07, 6.45) is 3.73. The van der Waals surface area contributed by atoms with E-state index in [1.165, 1.54) is 44.5 Å². The molecule has 1 N–H and O–H groups in total. The van der Waals surface area contributed by atoms with Gasteiger partial charge in [-0.15, -0.1) is 0 Å². The van der Waals surface area contributed by atoms with Gasteiger partial charge in [0.25, 0.3) is 0 Å². The fraction of sp³-hybridized carbons (Fsp3) is 0.667. The molecule has 1 aromatic rings. The van der Waals surface area contributed by atoms with Crippen LogP contribution in [0.5, 0.6) is 5.75 Å². The van der Waals surface area contributed by atoms with E-state index in [0.717, 1.165) is 18.8 Å². The van der Waals surface area contributed by atoms with E-state index in [1.807, 2.05) is 0 Å². The van der Waals surface area contributed by atoms with Gasteiger partial charge in [-0.1, -0.05) is 12.1 Å². The molecule has 1 aliphatic heterocycles. The Labute approximate surface area is 129 Å². The lowest BCUT2D eigenvalue weighted by Gasteiger charge is -2.27. The Balaban J connectivity index is 1.66. The number of benzene rings is 1. The summed E-state index contributed by atoms with van der Waals surface area (Å²) >= 11 is 0. The molecular formula is C18H30N2O. The minimum absolute atomic E-state index is 0.120. The maximum atomic E-state index is 5.85. The third-order valence-electron chi connectivity index (χ3n) is 3.75. The van der Waals surface area contributed by atoms with Crippen LogP contribution in [0, 0.1) is 0 Å². The highest BCUT2D eigenvalue weighted by molar-refractivity contribution is 5.27. The molecular weight excluding hydrogens is 260 g/mol. The van der Waals surface area contributed by atoms with Crippen molar-refractivity contribution in [2.24, 2.45) is 0 Å². The third kappa shape index (κ3) is 6.49. The SMILES string of the molecule is CC(C)(C)Oc1ccc(CCCCN2CCNCC2)cc1. The number of nitrogens with one attached hydrogen (secondary N) is 1. The van der Waals surface area contributed by atoms with E-state index in [9.17, 15) is 0 Å². The number of hydrogen-bond donors (Lipinski definition) is 1. The van der Waals surface area contributed by atoms with Crippen molar-refractivity contribution in [3.05, 3.63) is 29.8 Å². The van der Waals surface area contributed by atoms with Gasteiger partial charge in [-0.25, -0.2) is 0 Å². The van der Waals surface area contributed by atoms with Crippen molar-refractivity contribution in [3.8, 4) is 5.75 Å². The highest BCUT2D eigenvalue weighted by Gasteiger charge is 2.11. The van der Waals surface area contributed by atoms with Crippen LogP contribution in [0.3, 0.4) is 0 Å². The Kier molecular flexibility index (Phi) is 6.07. The standard InChI is InChI=1S/C18H30N2O/c1-18(2,3)21-17-9-7-16(8-10-17)6-4-5-13-20-14-11-19-12-15-20/h7-10,19H,4-6,11-15H2,1-3H3. The van der Waals surface area contributed by atoms with E-state index >= 15 is 0 Å². The summed E-state index contributed by atoms with van der Waals surface area (Å²) in [6, 6.07) is 8.59. The first-order valence-electron chi connectivity index (χ1n) is 8.24. The summed E-state index contributed by atoms with van der Waals surface area (Å²) in [5.74, 6) is 0.965. The quantitative estimate of drug-likeness (QED) is 0.815. The number of ether oxygens (including phenoxy) is 1. The van der Waals surface area contributed by atoms with Crippen LogP contribution in [0.4, 0.5) is 0 Å². The Morgan fingerprint density at radius 2 is 1.71 bits per heavy atom. The number of aryl methyl sites for hydroxylation is 1. The topological polar surface area (TPSA) is 24.5 Å². The molecule has 3 heteroatoms. The van der Waals surface area contributed by atoms with Crippen molar-refractivity contribution in [2.45, 2.75) is 45.6 Å². The molecule has 1 aliphatic rings. The largest absolute Gasteiger partial charge is 0.488 e. The lowest BCUT2D eigenvalue weighted by molar-refractivity contribution is 0.131. The molecule has 1 aromatic carbocycles. The maximum absolute atomic E-state index is 5.85. The van der Waals surface area contributed by atoms with E-state index in [1.54, 1.807) is 0 Å². The van der Waals surface area contributed by atoms with Crippen LogP contribution in [-0.4, -0.2) is 43.2 Å². The normalized spacial score (nSPS) is 16.9. The smallest absolute Gasteiger partial charge is 0.120 e. The minimum Gasteiger partial charge on any atom is -0.488 e. The van der Waals surface area contributed by atoms with E-state index in [-0.39, 0.29) is 5.60 Å². The van der Waals surface area contributed by atoms with E-state index in [0.29, 0.717) is 0 Å². The molecule has 0 unspecified atom stereocenters.